The van der Waals surface area contributed by atoms with E-state index in [0.717, 1.165) is 28.8 Å². The lowest BCUT2D eigenvalue weighted by molar-refractivity contribution is -0.145. The Morgan fingerprint density at radius 2 is 1.87 bits per heavy atom. The molecule has 0 atom stereocenters. The van der Waals surface area contributed by atoms with Crippen molar-refractivity contribution in [3.8, 4) is 11.3 Å². The van der Waals surface area contributed by atoms with Gasteiger partial charge in [-0.25, -0.2) is 4.98 Å². The third kappa shape index (κ3) is 6.22. The van der Waals surface area contributed by atoms with Gasteiger partial charge in [-0.15, -0.1) is 0 Å². The molecule has 39 heavy (non-hydrogen) atoms. The Morgan fingerprint density at radius 3 is 2.64 bits per heavy atom. The van der Waals surface area contributed by atoms with Crippen molar-refractivity contribution in [3.05, 3.63) is 65.7 Å². The molecule has 0 saturated carbocycles. The molecule has 5 rings (SSSR count). The van der Waals surface area contributed by atoms with E-state index in [1.807, 2.05) is 17.0 Å². The summed E-state index contributed by atoms with van der Waals surface area (Å²) in [5.74, 6) is 0.992. The molecule has 1 aliphatic rings. The van der Waals surface area contributed by atoms with E-state index in [4.69, 9.17) is 19.2 Å². The minimum absolute atomic E-state index is 0.0428. The van der Waals surface area contributed by atoms with Gasteiger partial charge >= 0.3 is 5.97 Å². The average Bonchev–Trinajstić information content (AvgIpc) is 3.22. The van der Waals surface area contributed by atoms with Crippen LogP contribution in [-0.2, 0) is 20.7 Å². The number of hydrogen-bond donors (Lipinski definition) is 0. The molecule has 10 nitrogen and oxygen atoms in total. The maximum atomic E-state index is 12.8. The van der Waals surface area contributed by atoms with Crippen molar-refractivity contribution in [2.24, 2.45) is 0 Å². The maximum absolute atomic E-state index is 12.8. The summed E-state index contributed by atoms with van der Waals surface area (Å²) in [6.07, 6.45) is 5.01. The molecule has 1 amide bonds. The van der Waals surface area contributed by atoms with Gasteiger partial charge < -0.3 is 19.1 Å². The predicted molar refractivity (Wildman–Crippen MR) is 146 cm³/mol. The van der Waals surface area contributed by atoms with Crippen molar-refractivity contribution >= 4 is 28.8 Å². The van der Waals surface area contributed by atoms with Crippen molar-refractivity contribution in [1.29, 1.82) is 0 Å². The summed E-state index contributed by atoms with van der Waals surface area (Å²) in [6.45, 7) is 6.55. The third-order valence-corrected chi connectivity index (χ3v) is 6.78. The number of fused-ring (bicyclic) bond motifs is 1. The number of aromatic nitrogens is 4. The second-order valence-electron chi connectivity index (χ2n) is 9.61. The Labute approximate surface area is 227 Å². The number of carbonyl (C=O) groups excluding carboxylic acids is 2. The van der Waals surface area contributed by atoms with Crippen LogP contribution in [0.1, 0.15) is 43.1 Å². The lowest BCUT2D eigenvalue weighted by Gasteiger charge is -2.24. The van der Waals surface area contributed by atoms with Gasteiger partial charge in [0.2, 0.25) is 5.91 Å². The summed E-state index contributed by atoms with van der Waals surface area (Å²) in [4.78, 5) is 42.5. The average molecular weight is 529 g/mol. The largest absolute Gasteiger partial charge is 0.466 e. The van der Waals surface area contributed by atoms with Crippen molar-refractivity contribution in [2.45, 2.75) is 39.5 Å². The molecule has 0 aliphatic carbocycles. The summed E-state index contributed by atoms with van der Waals surface area (Å²) in [6, 6.07) is 12.1. The fourth-order valence-electron chi connectivity index (χ4n) is 4.75. The van der Waals surface area contributed by atoms with Gasteiger partial charge in [0.05, 0.1) is 13.0 Å². The van der Waals surface area contributed by atoms with Crippen molar-refractivity contribution in [3.63, 3.8) is 0 Å². The number of carbonyl (C=O) groups is 2. The van der Waals surface area contributed by atoms with E-state index in [0.29, 0.717) is 56.4 Å². The normalized spacial score (nSPS) is 13.9. The molecule has 0 radical (unpaired) electrons. The predicted octanol–water partition coefficient (Wildman–Crippen LogP) is 3.96. The number of pyridine rings is 1. The fourth-order valence-corrected chi connectivity index (χ4v) is 4.75. The number of hydrogen-bond acceptors (Lipinski definition) is 9. The number of benzene rings is 1. The van der Waals surface area contributed by atoms with Crippen LogP contribution in [-0.4, -0.2) is 69.7 Å². The van der Waals surface area contributed by atoms with Crippen molar-refractivity contribution < 1.29 is 18.8 Å². The molecule has 0 unspecified atom stereocenters. The third-order valence-electron chi connectivity index (χ3n) is 6.78. The number of nitrogens with zero attached hydrogens (tertiary/aromatic N) is 6. The van der Waals surface area contributed by atoms with Gasteiger partial charge in [0.25, 0.3) is 5.71 Å². The lowest BCUT2D eigenvalue weighted by atomic mass is 10.1. The molecule has 0 spiro atoms. The van der Waals surface area contributed by atoms with Gasteiger partial charge in [0.1, 0.15) is 22.7 Å². The summed E-state index contributed by atoms with van der Waals surface area (Å²) in [5, 5.41) is 5.08. The first-order valence-electron chi connectivity index (χ1n) is 13.3. The molecule has 202 valence electrons. The first-order valence-corrected chi connectivity index (χ1v) is 13.3. The van der Waals surface area contributed by atoms with Crippen LogP contribution in [0.5, 0.6) is 0 Å². The van der Waals surface area contributed by atoms with Gasteiger partial charge in [0, 0.05) is 57.0 Å². The molecular formula is C29H32N6O4. The second kappa shape index (κ2) is 12.0. The van der Waals surface area contributed by atoms with Crippen LogP contribution in [0, 0.1) is 6.92 Å². The van der Waals surface area contributed by atoms with Gasteiger partial charge in [0.15, 0.2) is 0 Å². The summed E-state index contributed by atoms with van der Waals surface area (Å²) in [7, 11) is 0. The van der Waals surface area contributed by atoms with Gasteiger partial charge in [-0.3, -0.25) is 14.6 Å². The number of ether oxygens (including phenoxy) is 1. The van der Waals surface area contributed by atoms with Crippen LogP contribution in [0.15, 0.2) is 53.3 Å². The first-order chi connectivity index (χ1) is 19.0. The van der Waals surface area contributed by atoms with Crippen molar-refractivity contribution in [2.75, 3.05) is 37.7 Å². The van der Waals surface area contributed by atoms with Crippen LogP contribution < -0.4 is 4.90 Å². The molecule has 1 fully saturated rings. The Balaban J connectivity index is 1.43. The Hall–Kier alpha value is -4.34. The molecule has 1 aliphatic heterocycles. The van der Waals surface area contributed by atoms with Crippen LogP contribution >= 0.6 is 0 Å². The highest BCUT2D eigenvalue weighted by atomic mass is 16.5. The Kier molecular flexibility index (Phi) is 8.10. The molecule has 1 saturated heterocycles. The van der Waals surface area contributed by atoms with Crippen molar-refractivity contribution in [1.82, 2.24) is 25.0 Å². The number of rotatable bonds is 8. The highest BCUT2D eigenvalue weighted by Crippen LogP contribution is 2.34. The standard InChI is InChI=1S/C29H32N6O4/c1-3-38-25(37)12-11-24(36)34-14-5-15-35(17-16-34)28-26-27(22-6-4-13-30-19-22)33-39-29(26)32-23(31-28)18-21-9-7-20(2)8-10-21/h4,6-10,13,19H,3,5,11-12,14-18H2,1-2H3. The zero-order chi connectivity index (χ0) is 27.2. The number of aryl methyl sites for hydroxylation is 1. The van der Waals surface area contributed by atoms with Gasteiger partial charge in [-0.05, 0) is 38.0 Å². The topological polar surface area (TPSA) is 115 Å². The molecule has 0 bridgehead atoms. The summed E-state index contributed by atoms with van der Waals surface area (Å²) < 4.78 is 10.7. The van der Waals surface area contributed by atoms with E-state index in [-0.39, 0.29) is 24.7 Å². The molecule has 4 aromatic rings. The van der Waals surface area contributed by atoms with E-state index in [9.17, 15) is 9.59 Å². The van der Waals surface area contributed by atoms with Crippen LogP contribution in [0.4, 0.5) is 5.82 Å². The molecule has 0 N–H and O–H groups in total. The second-order valence-corrected chi connectivity index (χ2v) is 9.61. The zero-order valence-corrected chi connectivity index (χ0v) is 22.3. The number of amides is 1. The van der Waals surface area contributed by atoms with E-state index >= 15 is 0 Å². The maximum Gasteiger partial charge on any atom is 0.306 e. The SMILES string of the molecule is CCOC(=O)CCC(=O)N1CCCN(c2nc(Cc3ccc(C)cc3)nc3onc(-c4cccnc4)c23)CC1. The monoisotopic (exact) mass is 528 g/mol. The lowest BCUT2D eigenvalue weighted by Crippen LogP contribution is -2.35. The van der Waals surface area contributed by atoms with Gasteiger partial charge in [-0.2, -0.15) is 4.98 Å². The smallest absolute Gasteiger partial charge is 0.306 e. The molecule has 10 heteroatoms. The highest BCUT2D eigenvalue weighted by molar-refractivity contribution is 5.98. The van der Waals surface area contributed by atoms with E-state index in [1.165, 1.54) is 5.56 Å². The first kappa shape index (κ1) is 26.3. The Morgan fingerprint density at radius 1 is 1.03 bits per heavy atom. The van der Waals surface area contributed by atoms with Crippen LogP contribution in [0.2, 0.25) is 0 Å². The van der Waals surface area contributed by atoms with Gasteiger partial charge in [-0.1, -0.05) is 35.0 Å². The molecule has 1 aromatic carbocycles. The highest BCUT2D eigenvalue weighted by Gasteiger charge is 2.26. The minimum Gasteiger partial charge on any atom is -0.466 e. The molecular weight excluding hydrogens is 496 g/mol. The quantitative estimate of drug-likeness (QED) is 0.313. The van der Waals surface area contributed by atoms with E-state index in [2.05, 4.69) is 46.2 Å². The fraction of sp³-hybridized carbons (Fsp3) is 0.379. The number of esters is 1. The molecule has 4 heterocycles. The minimum atomic E-state index is -0.345. The van der Waals surface area contributed by atoms with E-state index in [1.54, 1.807) is 19.3 Å². The zero-order valence-electron chi connectivity index (χ0n) is 22.3. The van der Waals surface area contributed by atoms with Crippen LogP contribution in [0.25, 0.3) is 22.4 Å². The molecule has 3 aromatic heterocycles. The summed E-state index contributed by atoms with van der Waals surface area (Å²) >= 11 is 0. The number of anilines is 1. The summed E-state index contributed by atoms with van der Waals surface area (Å²) in [5.41, 5.74) is 4.18. The van der Waals surface area contributed by atoms with E-state index < -0.39 is 0 Å². The Bertz CT molecular complexity index is 1440. The van der Waals surface area contributed by atoms with Crippen LogP contribution in [0.3, 0.4) is 0 Å².